The molecule has 0 aliphatic rings. The predicted molar refractivity (Wildman–Crippen MR) is 86.3 cm³/mol. The van der Waals surface area contributed by atoms with E-state index in [1.165, 1.54) is 23.9 Å². The highest BCUT2D eigenvalue weighted by molar-refractivity contribution is 9.10. The maximum absolute atomic E-state index is 13.7. The first-order valence-electron chi connectivity index (χ1n) is 6.59. The van der Waals surface area contributed by atoms with E-state index in [9.17, 15) is 9.18 Å². The summed E-state index contributed by atoms with van der Waals surface area (Å²) in [7, 11) is 0. The molecule has 0 saturated carbocycles. The fourth-order valence-corrected chi connectivity index (χ4v) is 2.88. The molecule has 0 radical (unpaired) electrons. The number of halogens is 2. The first-order valence-corrected chi connectivity index (χ1v) is 8.26. The summed E-state index contributed by atoms with van der Waals surface area (Å²) in [4.78, 5) is 12.2. The summed E-state index contributed by atoms with van der Waals surface area (Å²) in [6.07, 6.45) is 0. The van der Waals surface area contributed by atoms with Crippen molar-refractivity contribution in [3.63, 3.8) is 0 Å². The van der Waals surface area contributed by atoms with Crippen molar-refractivity contribution in [2.24, 2.45) is 0 Å². The summed E-state index contributed by atoms with van der Waals surface area (Å²) in [6.45, 7) is 5.61. The van der Waals surface area contributed by atoms with Crippen LogP contribution >= 0.6 is 27.7 Å². The predicted octanol–water partition coefficient (Wildman–Crippen LogP) is 3.27. The molecule has 0 unspecified atom stereocenters. The standard InChI is InChI=1S/C13H15BrFN5OS/c1-7(2)20-13(17-18-19-20)22-8(3)12(21)16-11-5-4-9(14)6-10(11)15/h4-8H,1-3H3,(H,16,21)/t8-/m0/s1. The Bertz CT molecular complexity index is 678. The first-order chi connectivity index (χ1) is 10.4. The Morgan fingerprint density at radius 2 is 2.14 bits per heavy atom. The lowest BCUT2D eigenvalue weighted by molar-refractivity contribution is -0.115. The Hall–Kier alpha value is -1.48. The van der Waals surface area contributed by atoms with Gasteiger partial charge in [0.05, 0.1) is 17.0 Å². The number of thioether (sulfide) groups is 1. The zero-order chi connectivity index (χ0) is 16.3. The maximum atomic E-state index is 13.7. The summed E-state index contributed by atoms with van der Waals surface area (Å²) in [5.74, 6) is -0.809. The number of rotatable bonds is 5. The van der Waals surface area contributed by atoms with Crippen molar-refractivity contribution in [1.82, 2.24) is 20.2 Å². The summed E-state index contributed by atoms with van der Waals surface area (Å²) in [5.41, 5.74) is 0.143. The molecule has 118 valence electrons. The zero-order valence-electron chi connectivity index (χ0n) is 12.2. The molecule has 0 saturated heterocycles. The van der Waals surface area contributed by atoms with E-state index in [-0.39, 0.29) is 17.6 Å². The van der Waals surface area contributed by atoms with Gasteiger partial charge in [0.2, 0.25) is 11.1 Å². The van der Waals surface area contributed by atoms with E-state index >= 15 is 0 Å². The number of hydrogen-bond donors (Lipinski definition) is 1. The van der Waals surface area contributed by atoms with E-state index in [0.717, 1.165) is 0 Å². The van der Waals surface area contributed by atoms with Crippen LogP contribution in [-0.2, 0) is 4.79 Å². The Morgan fingerprint density at radius 3 is 2.77 bits per heavy atom. The van der Waals surface area contributed by atoms with E-state index in [4.69, 9.17) is 0 Å². The Kier molecular flexibility index (Phi) is 5.52. The number of tetrazole rings is 1. The van der Waals surface area contributed by atoms with Gasteiger partial charge in [-0.25, -0.2) is 9.07 Å². The number of hydrogen-bond acceptors (Lipinski definition) is 5. The van der Waals surface area contributed by atoms with E-state index in [1.54, 1.807) is 17.7 Å². The fraction of sp³-hybridized carbons (Fsp3) is 0.385. The van der Waals surface area contributed by atoms with Crippen molar-refractivity contribution in [2.45, 2.75) is 37.2 Å². The van der Waals surface area contributed by atoms with Gasteiger partial charge in [-0.05, 0) is 49.4 Å². The number of anilines is 1. The molecule has 0 aliphatic heterocycles. The van der Waals surface area contributed by atoms with Crippen molar-refractivity contribution >= 4 is 39.3 Å². The lowest BCUT2D eigenvalue weighted by Gasteiger charge is -2.13. The molecule has 0 spiro atoms. The van der Waals surface area contributed by atoms with Crippen molar-refractivity contribution in [2.75, 3.05) is 5.32 Å². The van der Waals surface area contributed by atoms with Crippen molar-refractivity contribution in [3.05, 3.63) is 28.5 Å². The van der Waals surface area contributed by atoms with Gasteiger partial charge in [-0.2, -0.15) is 0 Å². The molecule has 9 heteroatoms. The summed E-state index contributed by atoms with van der Waals surface area (Å²) < 4.78 is 16.0. The van der Waals surface area contributed by atoms with Gasteiger partial charge in [0.15, 0.2) is 0 Å². The van der Waals surface area contributed by atoms with Crippen LogP contribution < -0.4 is 5.32 Å². The maximum Gasteiger partial charge on any atom is 0.237 e. The molecule has 1 aromatic heterocycles. The molecule has 1 N–H and O–H groups in total. The number of amides is 1. The zero-order valence-corrected chi connectivity index (χ0v) is 14.7. The van der Waals surface area contributed by atoms with Crippen LogP contribution in [0.5, 0.6) is 0 Å². The average Bonchev–Trinajstić information content (AvgIpc) is 2.90. The first kappa shape index (κ1) is 16.9. The monoisotopic (exact) mass is 387 g/mol. The van der Waals surface area contributed by atoms with Crippen LogP contribution in [0.1, 0.15) is 26.8 Å². The Balaban J connectivity index is 2.04. The lowest BCUT2D eigenvalue weighted by atomic mass is 10.3. The SMILES string of the molecule is CC(C)n1nnnc1S[C@@H](C)C(=O)Nc1ccc(Br)cc1F. The van der Waals surface area contributed by atoms with Crippen LogP contribution in [0, 0.1) is 5.82 Å². The van der Waals surface area contributed by atoms with Gasteiger partial charge >= 0.3 is 0 Å². The summed E-state index contributed by atoms with van der Waals surface area (Å²) in [6, 6.07) is 4.56. The van der Waals surface area contributed by atoms with Crippen LogP contribution in [0.25, 0.3) is 0 Å². The van der Waals surface area contributed by atoms with Crippen molar-refractivity contribution in [3.8, 4) is 0 Å². The third-order valence-corrected chi connectivity index (χ3v) is 4.33. The number of carbonyl (C=O) groups is 1. The number of aromatic nitrogens is 4. The third kappa shape index (κ3) is 4.04. The molecule has 0 bridgehead atoms. The number of nitrogens with zero attached hydrogens (tertiary/aromatic N) is 4. The van der Waals surface area contributed by atoms with Gasteiger partial charge in [-0.1, -0.05) is 27.7 Å². The highest BCUT2D eigenvalue weighted by Gasteiger charge is 2.20. The van der Waals surface area contributed by atoms with E-state index in [2.05, 4.69) is 36.8 Å². The molecule has 1 atom stereocenters. The quantitative estimate of drug-likeness (QED) is 0.796. The highest BCUT2D eigenvalue weighted by atomic mass is 79.9. The number of carbonyl (C=O) groups excluding carboxylic acids is 1. The van der Waals surface area contributed by atoms with E-state index in [0.29, 0.717) is 9.63 Å². The Labute approximate surface area is 140 Å². The van der Waals surface area contributed by atoms with Crippen LogP contribution in [0.15, 0.2) is 27.8 Å². The average molecular weight is 388 g/mol. The second kappa shape index (κ2) is 7.19. The second-order valence-corrected chi connectivity index (χ2v) is 7.10. The highest BCUT2D eigenvalue weighted by Crippen LogP contribution is 2.25. The van der Waals surface area contributed by atoms with E-state index in [1.807, 2.05) is 13.8 Å². The molecule has 1 heterocycles. The molecule has 1 aromatic carbocycles. The minimum atomic E-state index is -0.494. The fourth-order valence-electron chi connectivity index (χ4n) is 1.62. The van der Waals surface area contributed by atoms with E-state index < -0.39 is 11.1 Å². The summed E-state index contributed by atoms with van der Waals surface area (Å²) in [5, 5.41) is 14.0. The molecule has 2 rings (SSSR count). The number of benzene rings is 1. The smallest absolute Gasteiger partial charge is 0.237 e. The van der Waals surface area contributed by atoms with Gasteiger partial charge < -0.3 is 5.32 Å². The molecular formula is C13H15BrFN5OS. The van der Waals surface area contributed by atoms with Gasteiger partial charge in [-0.15, -0.1) is 5.10 Å². The summed E-state index contributed by atoms with van der Waals surface area (Å²) >= 11 is 4.40. The lowest BCUT2D eigenvalue weighted by Crippen LogP contribution is -2.23. The normalized spacial score (nSPS) is 12.5. The molecule has 6 nitrogen and oxygen atoms in total. The molecule has 0 aliphatic carbocycles. The minimum Gasteiger partial charge on any atom is -0.323 e. The minimum absolute atomic E-state index is 0.0941. The van der Waals surface area contributed by atoms with Crippen molar-refractivity contribution < 1.29 is 9.18 Å². The topological polar surface area (TPSA) is 72.7 Å². The van der Waals surface area contributed by atoms with Gasteiger partial charge in [-0.3, -0.25) is 4.79 Å². The van der Waals surface area contributed by atoms with Gasteiger partial charge in [0.1, 0.15) is 5.82 Å². The van der Waals surface area contributed by atoms with Gasteiger partial charge in [0, 0.05) is 4.47 Å². The van der Waals surface area contributed by atoms with Crippen LogP contribution in [0.4, 0.5) is 10.1 Å². The second-order valence-electron chi connectivity index (χ2n) is 4.87. The van der Waals surface area contributed by atoms with Crippen LogP contribution in [0.2, 0.25) is 0 Å². The molecule has 2 aromatic rings. The van der Waals surface area contributed by atoms with Crippen molar-refractivity contribution in [1.29, 1.82) is 0 Å². The Morgan fingerprint density at radius 1 is 1.41 bits per heavy atom. The molecule has 22 heavy (non-hydrogen) atoms. The van der Waals surface area contributed by atoms with Crippen LogP contribution in [-0.4, -0.2) is 31.4 Å². The molecular weight excluding hydrogens is 373 g/mol. The van der Waals surface area contributed by atoms with Crippen LogP contribution in [0.3, 0.4) is 0 Å². The van der Waals surface area contributed by atoms with Gasteiger partial charge in [0.25, 0.3) is 0 Å². The largest absolute Gasteiger partial charge is 0.323 e. The number of nitrogens with one attached hydrogen (secondary N) is 1. The molecule has 0 fully saturated rings. The third-order valence-electron chi connectivity index (χ3n) is 2.79. The molecule has 1 amide bonds.